The molecule has 1 aliphatic heterocycles. The van der Waals surface area contributed by atoms with E-state index < -0.39 is 5.60 Å². The zero-order valence-corrected chi connectivity index (χ0v) is 14.3. The number of imidazole rings is 1. The number of aromatic amines is 1. The Bertz CT molecular complexity index is 715. The molecule has 3 rings (SSSR count). The third-order valence-electron chi connectivity index (χ3n) is 4.19. The molecule has 0 spiro atoms. The first-order valence-electron chi connectivity index (χ1n) is 8.26. The van der Waals surface area contributed by atoms with E-state index in [9.17, 15) is 4.79 Å². The van der Waals surface area contributed by atoms with Crippen LogP contribution in [0.5, 0.6) is 0 Å². The minimum absolute atomic E-state index is 0.227. The minimum Gasteiger partial charge on any atom is -0.444 e. The van der Waals surface area contributed by atoms with E-state index in [0.29, 0.717) is 6.54 Å². The van der Waals surface area contributed by atoms with Crippen LogP contribution in [0.15, 0.2) is 18.2 Å². The second kappa shape index (κ2) is 5.87. The average molecular weight is 315 g/mol. The fourth-order valence-electron chi connectivity index (χ4n) is 3.08. The van der Waals surface area contributed by atoms with Crippen LogP contribution in [-0.4, -0.2) is 39.7 Å². The minimum atomic E-state index is -0.458. The van der Waals surface area contributed by atoms with E-state index in [1.807, 2.05) is 32.9 Å². The summed E-state index contributed by atoms with van der Waals surface area (Å²) in [5.74, 6) is 1.21. The van der Waals surface area contributed by atoms with Crippen LogP contribution in [0, 0.1) is 6.92 Å². The summed E-state index contributed by atoms with van der Waals surface area (Å²) in [5.41, 5.74) is 2.80. The van der Waals surface area contributed by atoms with Gasteiger partial charge in [0.1, 0.15) is 11.4 Å². The predicted molar refractivity (Wildman–Crippen MR) is 90.6 cm³/mol. The number of nitrogens with one attached hydrogen (secondary N) is 1. The van der Waals surface area contributed by atoms with Gasteiger partial charge in [-0.15, -0.1) is 0 Å². The molecule has 2 aromatic rings. The van der Waals surface area contributed by atoms with Crippen molar-refractivity contribution < 1.29 is 9.53 Å². The van der Waals surface area contributed by atoms with Crippen molar-refractivity contribution in [3.05, 3.63) is 29.6 Å². The third-order valence-corrected chi connectivity index (χ3v) is 4.19. The Hall–Kier alpha value is -2.04. The van der Waals surface area contributed by atoms with Gasteiger partial charge in [-0.25, -0.2) is 9.78 Å². The number of fused-ring (bicyclic) bond motifs is 1. The Labute approximate surface area is 137 Å². The number of benzene rings is 1. The molecule has 1 atom stereocenters. The summed E-state index contributed by atoms with van der Waals surface area (Å²) in [6.07, 6.45) is 1.78. The highest BCUT2D eigenvalue weighted by molar-refractivity contribution is 5.78. The van der Waals surface area contributed by atoms with Crippen LogP contribution >= 0.6 is 0 Å². The third kappa shape index (κ3) is 3.49. The maximum absolute atomic E-state index is 12.3. The maximum atomic E-state index is 12.3. The standard InChI is InChI=1S/C18H25N3O2/c1-12-7-5-9-14-15(12)20-16(19-14)13-8-6-10-21(11-13)17(22)23-18(2,3)4/h5,7,9,13H,6,8,10-11H2,1-4H3,(H,19,20). The number of rotatable bonds is 1. The summed E-state index contributed by atoms with van der Waals surface area (Å²) < 4.78 is 5.50. The Morgan fingerprint density at radius 1 is 1.39 bits per heavy atom. The summed E-state index contributed by atoms with van der Waals surface area (Å²) in [6, 6.07) is 6.15. The molecule has 1 saturated heterocycles. The quantitative estimate of drug-likeness (QED) is 0.865. The molecule has 1 fully saturated rings. The SMILES string of the molecule is Cc1cccc2[nH]c(C3CCCN(C(=O)OC(C)(C)C)C3)nc12. The molecule has 23 heavy (non-hydrogen) atoms. The number of nitrogens with zero attached hydrogens (tertiary/aromatic N) is 2. The van der Waals surface area contributed by atoms with Crippen molar-refractivity contribution in [2.45, 2.75) is 52.1 Å². The van der Waals surface area contributed by atoms with Gasteiger partial charge in [0, 0.05) is 19.0 Å². The Balaban J connectivity index is 1.77. The van der Waals surface area contributed by atoms with Gasteiger partial charge in [0.05, 0.1) is 11.0 Å². The van der Waals surface area contributed by atoms with E-state index in [4.69, 9.17) is 9.72 Å². The van der Waals surface area contributed by atoms with Crippen LogP contribution in [0.3, 0.4) is 0 Å². The van der Waals surface area contributed by atoms with Crippen LogP contribution < -0.4 is 0 Å². The average Bonchev–Trinajstić information content (AvgIpc) is 2.91. The number of hydrogen-bond acceptors (Lipinski definition) is 3. The van der Waals surface area contributed by atoms with Crippen LogP contribution in [0.4, 0.5) is 4.79 Å². The van der Waals surface area contributed by atoms with E-state index in [0.717, 1.165) is 36.2 Å². The predicted octanol–water partition coefficient (Wildman–Crippen LogP) is 3.99. The summed E-state index contributed by atoms with van der Waals surface area (Å²) in [7, 11) is 0. The molecular weight excluding hydrogens is 290 g/mol. The number of amides is 1. The molecule has 1 aromatic heterocycles. The lowest BCUT2D eigenvalue weighted by atomic mass is 9.98. The summed E-state index contributed by atoms with van der Waals surface area (Å²) in [6.45, 7) is 9.18. The number of aromatic nitrogens is 2. The Morgan fingerprint density at radius 3 is 2.87 bits per heavy atom. The molecule has 1 unspecified atom stereocenters. The number of para-hydroxylation sites is 1. The molecule has 1 amide bonds. The van der Waals surface area contributed by atoms with E-state index >= 15 is 0 Å². The molecule has 2 heterocycles. The van der Waals surface area contributed by atoms with Crippen molar-refractivity contribution in [3.8, 4) is 0 Å². The van der Waals surface area contributed by atoms with Gasteiger partial charge in [0.15, 0.2) is 0 Å². The van der Waals surface area contributed by atoms with Crippen LogP contribution in [0.2, 0.25) is 0 Å². The molecule has 1 aliphatic rings. The van der Waals surface area contributed by atoms with Crippen molar-refractivity contribution in [3.63, 3.8) is 0 Å². The molecule has 0 saturated carbocycles. The van der Waals surface area contributed by atoms with E-state index in [1.54, 1.807) is 4.90 Å². The molecule has 0 aliphatic carbocycles. The number of H-pyrrole nitrogens is 1. The Kier molecular flexibility index (Phi) is 4.04. The number of ether oxygens (including phenoxy) is 1. The molecular formula is C18H25N3O2. The Morgan fingerprint density at radius 2 is 2.17 bits per heavy atom. The van der Waals surface area contributed by atoms with Gasteiger partial charge < -0.3 is 14.6 Å². The highest BCUT2D eigenvalue weighted by Crippen LogP contribution is 2.28. The fourth-order valence-corrected chi connectivity index (χ4v) is 3.08. The van der Waals surface area contributed by atoms with Gasteiger partial charge in [-0.2, -0.15) is 0 Å². The van der Waals surface area contributed by atoms with E-state index in [2.05, 4.69) is 18.0 Å². The topological polar surface area (TPSA) is 58.2 Å². The number of hydrogen-bond donors (Lipinski definition) is 1. The number of aryl methyl sites for hydroxylation is 1. The van der Waals surface area contributed by atoms with Gasteiger partial charge in [-0.3, -0.25) is 0 Å². The monoisotopic (exact) mass is 315 g/mol. The van der Waals surface area contributed by atoms with Gasteiger partial charge in [0.25, 0.3) is 0 Å². The highest BCUT2D eigenvalue weighted by atomic mass is 16.6. The van der Waals surface area contributed by atoms with Crippen molar-refractivity contribution in [1.82, 2.24) is 14.9 Å². The van der Waals surface area contributed by atoms with E-state index in [-0.39, 0.29) is 12.0 Å². The van der Waals surface area contributed by atoms with Gasteiger partial charge in [0.2, 0.25) is 0 Å². The molecule has 5 nitrogen and oxygen atoms in total. The molecule has 0 bridgehead atoms. The summed E-state index contributed by atoms with van der Waals surface area (Å²) >= 11 is 0. The normalized spacial score (nSPS) is 19.1. The molecule has 5 heteroatoms. The second-order valence-electron chi connectivity index (χ2n) is 7.36. The lowest BCUT2D eigenvalue weighted by Crippen LogP contribution is -2.42. The van der Waals surface area contributed by atoms with Gasteiger partial charge >= 0.3 is 6.09 Å². The zero-order valence-electron chi connectivity index (χ0n) is 14.3. The first kappa shape index (κ1) is 15.8. The van der Waals surface area contributed by atoms with E-state index in [1.165, 1.54) is 5.56 Å². The summed E-state index contributed by atoms with van der Waals surface area (Å²) in [5, 5.41) is 0. The molecule has 1 N–H and O–H groups in total. The smallest absolute Gasteiger partial charge is 0.410 e. The first-order chi connectivity index (χ1) is 10.8. The number of likely N-dealkylation sites (tertiary alicyclic amines) is 1. The molecule has 1 aromatic carbocycles. The maximum Gasteiger partial charge on any atom is 0.410 e. The van der Waals surface area contributed by atoms with Crippen LogP contribution in [-0.2, 0) is 4.74 Å². The second-order valence-corrected chi connectivity index (χ2v) is 7.36. The van der Waals surface area contributed by atoms with Gasteiger partial charge in [-0.1, -0.05) is 12.1 Å². The summed E-state index contributed by atoms with van der Waals surface area (Å²) in [4.78, 5) is 22.3. The number of piperidine rings is 1. The van der Waals surface area contributed by atoms with Crippen molar-refractivity contribution in [2.75, 3.05) is 13.1 Å². The number of carbonyl (C=O) groups is 1. The highest BCUT2D eigenvalue weighted by Gasteiger charge is 2.29. The largest absolute Gasteiger partial charge is 0.444 e. The van der Waals surface area contributed by atoms with Crippen LogP contribution in [0.1, 0.15) is 50.9 Å². The fraction of sp³-hybridized carbons (Fsp3) is 0.556. The lowest BCUT2D eigenvalue weighted by molar-refractivity contribution is 0.0196. The van der Waals surface area contributed by atoms with Gasteiger partial charge in [-0.05, 0) is 52.2 Å². The van der Waals surface area contributed by atoms with Crippen LogP contribution in [0.25, 0.3) is 11.0 Å². The zero-order chi connectivity index (χ0) is 16.6. The van der Waals surface area contributed by atoms with Crippen molar-refractivity contribution in [2.24, 2.45) is 0 Å². The molecule has 0 radical (unpaired) electrons. The number of carbonyl (C=O) groups excluding carboxylic acids is 1. The first-order valence-corrected chi connectivity index (χ1v) is 8.26. The van der Waals surface area contributed by atoms with Crippen molar-refractivity contribution >= 4 is 17.1 Å². The molecule has 124 valence electrons. The lowest BCUT2D eigenvalue weighted by Gasteiger charge is -2.33. The van der Waals surface area contributed by atoms with Crippen molar-refractivity contribution in [1.29, 1.82) is 0 Å².